The zero-order valence-electron chi connectivity index (χ0n) is 20.9. The fourth-order valence-corrected chi connectivity index (χ4v) is 4.01. The Balaban J connectivity index is 0.00000210. The topological polar surface area (TPSA) is 92.5 Å². The highest BCUT2D eigenvalue weighted by atomic mass is 32.2. The summed E-state index contributed by atoms with van der Waals surface area (Å²) in [6, 6.07) is 14.3. The van der Waals surface area contributed by atoms with Crippen molar-refractivity contribution in [3.05, 3.63) is 65.5 Å². The molecule has 0 radical (unpaired) electrons. The Bertz CT molecular complexity index is 1080. The van der Waals surface area contributed by atoms with Gasteiger partial charge in [-0.25, -0.2) is 4.79 Å². The Labute approximate surface area is 211 Å². The highest BCUT2D eigenvalue weighted by Gasteiger charge is 2.15. The van der Waals surface area contributed by atoms with Crippen LogP contribution in [0.1, 0.15) is 49.4 Å². The number of rotatable bonds is 12. The molecule has 1 aromatic heterocycles. The molecule has 0 atom stereocenters. The summed E-state index contributed by atoms with van der Waals surface area (Å²) in [5.41, 5.74) is 1.32. The number of ether oxygens (including phenoxy) is 3. The molecule has 0 saturated carbocycles. The summed E-state index contributed by atoms with van der Waals surface area (Å²) in [5, 5.41) is 9.13. The maximum atomic E-state index is 12.5. The van der Waals surface area contributed by atoms with E-state index in [4.69, 9.17) is 14.2 Å². The van der Waals surface area contributed by atoms with E-state index in [0.29, 0.717) is 41.2 Å². The van der Waals surface area contributed by atoms with E-state index < -0.39 is 0 Å². The van der Waals surface area contributed by atoms with E-state index in [1.807, 2.05) is 49.6 Å². The fraction of sp³-hybridized carbons (Fsp3) is 0.385. The number of para-hydroxylation sites is 2. The van der Waals surface area contributed by atoms with E-state index in [1.165, 1.54) is 11.8 Å². The van der Waals surface area contributed by atoms with Crippen molar-refractivity contribution < 1.29 is 23.8 Å². The second kappa shape index (κ2) is 14.8. The van der Waals surface area contributed by atoms with Crippen molar-refractivity contribution in [1.29, 1.82) is 0 Å². The Hall–Kier alpha value is -3.33. The third-order valence-corrected chi connectivity index (χ3v) is 5.79. The number of carbonyl (C=O) groups is 2. The van der Waals surface area contributed by atoms with Crippen molar-refractivity contribution in [3.63, 3.8) is 0 Å². The van der Waals surface area contributed by atoms with E-state index in [0.717, 1.165) is 5.56 Å². The van der Waals surface area contributed by atoms with Crippen LogP contribution in [0.3, 0.4) is 0 Å². The van der Waals surface area contributed by atoms with Crippen molar-refractivity contribution in [1.82, 2.24) is 14.8 Å². The molecule has 0 spiro atoms. The number of carbonyl (C=O) groups excluding carboxylic acids is 2. The maximum Gasteiger partial charge on any atom is 0.338 e. The minimum absolute atomic E-state index is 0.0568. The number of hydrogen-bond donors (Lipinski definition) is 0. The normalized spacial score (nSPS) is 10.2. The molecule has 0 fully saturated rings. The number of nitrogens with zero attached hydrogens (tertiary/aromatic N) is 3. The van der Waals surface area contributed by atoms with Crippen LogP contribution in [0.2, 0.25) is 0 Å². The number of ketones is 1. The standard InChI is InChI=1S/C24H27N3O5S.C2H6/c1-4-27-22(15-32-21-9-7-6-8-20(21)30-3)25-26-24(27)33-16-19(28)14-17-10-12-18(13-11-17)23(29)31-5-2;1-2/h6-13H,4-5,14-16H2,1-3H3;1-2H3. The number of methoxy groups -OCH3 is 1. The first-order chi connectivity index (χ1) is 17.0. The lowest BCUT2D eigenvalue weighted by molar-refractivity contribution is -0.116. The molecule has 3 rings (SSSR count). The van der Waals surface area contributed by atoms with Crippen molar-refractivity contribution >= 4 is 23.5 Å². The summed E-state index contributed by atoms with van der Waals surface area (Å²) in [6.45, 7) is 8.98. The summed E-state index contributed by atoms with van der Waals surface area (Å²) in [6.07, 6.45) is 0.278. The van der Waals surface area contributed by atoms with Gasteiger partial charge in [0.2, 0.25) is 0 Å². The number of Topliss-reactive ketones (excluding diaryl/α,β-unsaturated/α-hetero) is 1. The van der Waals surface area contributed by atoms with Crippen molar-refractivity contribution in [2.24, 2.45) is 0 Å². The molecule has 35 heavy (non-hydrogen) atoms. The molecular formula is C26H33N3O5S. The first-order valence-corrected chi connectivity index (χ1v) is 12.6. The van der Waals surface area contributed by atoms with Crippen LogP contribution in [-0.4, -0.2) is 46.0 Å². The molecule has 0 aliphatic carbocycles. The van der Waals surface area contributed by atoms with Gasteiger partial charge in [0.15, 0.2) is 22.5 Å². The predicted molar refractivity (Wildman–Crippen MR) is 136 cm³/mol. The Morgan fingerprint density at radius 3 is 2.29 bits per heavy atom. The Morgan fingerprint density at radius 2 is 1.66 bits per heavy atom. The molecule has 3 aromatic rings. The van der Waals surface area contributed by atoms with E-state index in [1.54, 1.807) is 38.3 Å². The van der Waals surface area contributed by atoms with Gasteiger partial charge in [0.1, 0.15) is 12.4 Å². The molecule has 0 bridgehead atoms. The maximum absolute atomic E-state index is 12.5. The summed E-state index contributed by atoms with van der Waals surface area (Å²) in [5.74, 6) is 1.91. The van der Waals surface area contributed by atoms with E-state index in [9.17, 15) is 9.59 Å². The minimum atomic E-state index is -0.365. The fourth-order valence-electron chi connectivity index (χ4n) is 3.13. The zero-order valence-corrected chi connectivity index (χ0v) is 21.8. The van der Waals surface area contributed by atoms with Gasteiger partial charge in [0.25, 0.3) is 0 Å². The summed E-state index contributed by atoms with van der Waals surface area (Å²) in [4.78, 5) is 24.2. The first-order valence-electron chi connectivity index (χ1n) is 11.6. The molecule has 0 aliphatic rings. The van der Waals surface area contributed by atoms with Crippen LogP contribution in [0.4, 0.5) is 0 Å². The lowest BCUT2D eigenvalue weighted by Crippen LogP contribution is -2.10. The van der Waals surface area contributed by atoms with Gasteiger partial charge in [0.05, 0.1) is 25.0 Å². The Kier molecular flexibility index (Phi) is 11.8. The first kappa shape index (κ1) is 27.9. The van der Waals surface area contributed by atoms with Gasteiger partial charge in [-0.2, -0.15) is 0 Å². The number of hydrogen-bond acceptors (Lipinski definition) is 8. The van der Waals surface area contributed by atoms with Gasteiger partial charge < -0.3 is 18.8 Å². The van der Waals surface area contributed by atoms with E-state index >= 15 is 0 Å². The van der Waals surface area contributed by atoms with Gasteiger partial charge in [0, 0.05) is 13.0 Å². The molecule has 8 nitrogen and oxygen atoms in total. The summed E-state index contributed by atoms with van der Waals surface area (Å²) >= 11 is 1.35. The van der Waals surface area contributed by atoms with Gasteiger partial charge in [-0.15, -0.1) is 10.2 Å². The lowest BCUT2D eigenvalue weighted by Gasteiger charge is -2.11. The SMILES string of the molecule is CC.CCOC(=O)c1ccc(CC(=O)CSc2nnc(COc3ccccc3OC)n2CC)cc1. The highest BCUT2D eigenvalue weighted by Crippen LogP contribution is 2.27. The third-order valence-electron chi connectivity index (χ3n) is 4.76. The van der Waals surface area contributed by atoms with Crippen LogP contribution >= 0.6 is 11.8 Å². The van der Waals surface area contributed by atoms with Crippen LogP contribution in [0, 0.1) is 0 Å². The Morgan fingerprint density at radius 1 is 0.971 bits per heavy atom. The van der Waals surface area contributed by atoms with Gasteiger partial charge in [-0.05, 0) is 43.7 Å². The summed E-state index contributed by atoms with van der Waals surface area (Å²) in [7, 11) is 1.59. The number of esters is 1. The minimum Gasteiger partial charge on any atom is -0.493 e. The average Bonchev–Trinajstić information content (AvgIpc) is 3.29. The average molecular weight is 500 g/mol. The van der Waals surface area contributed by atoms with Gasteiger partial charge in [-0.3, -0.25) is 4.79 Å². The zero-order chi connectivity index (χ0) is 25.6. The molecular weight excluding hydrogens is 466 g/mol. The highest BCUT2D eigenvalue weighted by molar-refractivity contribution is 7.99. The van der Waals surface area contributed by atoms with Crippen LogP contribution in [0.25, 0.3) is 0 Å². The molecule has 0 amide bonds. The molecule has 188 valence electrons. The number of benzene rings is 2. The van der Waals surface area contributed by atoms with Crippen LogP contribution < -0.4 is 9.47 Å². The van der Waals surface area contributed by atoms with Crippen LogP contribution in [-0.2, 0) is 29.1 Å². The molecule has 2 aromatic carbocycles. The third kappa shape index (κ3) is 8.13. The second-order valence-electron chi connectivity index (χ2n) is 7.00. The largest absolute Gasteiger partial charge is 0.493 e. The smallest absolute Gasteiger partial charge is 0.338 e. The molecule has 1 heterocycles. The van der Waals surface area contributed by atoms with E-state index in [-0.39, 0.29) is 30.5 Å². The van der Waals surface area contributed by atoms with Crippen LogP contribution in [0.5, 0.6) is 11.5 Å². The molecule has 0 aliphatic heterocycles. The van der Waals surface area contributed by atoms with Gasteiger partial charge >= 0.3 is 5.97 Å². The molecule has 0 saturated heterocycles. The van der Waals surface area contributed by atoms with Crippen molar-refractivity contribution in [2.75, 3.05) is 19.5 Å². The molecule has 0 unspecified atom stereocenters. The quantitative estimate of drug-likeness (QED) is 0.254. The van der Waals surface area contributed by atoms with Crippen LogP contribution in [0.15, 0.2) is 53.7 Å². The van der Waals surface area contributed by atoms with Crippen molar-refractivity contribution in [3.8, 4) is 11.5 Å². The number of thioether (sulfide) groups is 1. The van der Waals surface area contributed by atoms with E-state index in [2.05, 4.69) is 10.2 Å². The summed E-state index contributed by atoms with van der Waals surface area (Å²) < 4.78 is 18.1. The lowest BCUT2D eigenvalue weighted by atomic mass is 10.1. The van der Waals surface area contributed by atoms with Gasteiger partial charge in [-0.1, -0.05) is 49.9 Å². The number of aromatic nitrogens is 3. The second-order valence-corrected chi connectivity index (χ2v) is 7.95. The predicted octanol–water partition coefficient (Wildman–Crippen LogP) is 4.99. The molecule has 9 heteroatoms. The molecule has 0 N–H and O–H groups in total. The van der Waals surface area contributed by atoms with Crippen molar-refractivity contribution in [2.45, 2.75) is 52.4 Å². The monoisotopic (exact) mass is 499 g/mol.